The van der Waals surface area contributed by atoms with E-state index in [9.17, 15) is 0 Å². The van der Waals surface area contributed by atoms with Crippen LogP contribution in [-0.4, -0.2) is 21.9 Å². The molecule has 1 N–H and O–H groups in total. The Balaban J connectivity index is 2.37. The van der Waals surface area contributed by atoms with E-state index >= 15 is 0 Å². The quantitative estimate of drug-likeness (QED) is 0.303. The number of hydrogen-bond acceptors (Lipinski definition) is 2. The summed E-state index contributed by atoms with van der Waals surface area (Å²) >= 11 is 0. The minimum atomic E-state index is -0.334. The van der Waals surface area contributed by atoms with Crippen LogP contribution < -0.4 is 5.32 Å². The molecule has 1 aromatic carbocycles. The molecule has 0 fully saturated rings. The van der Waals surface area contributed by atoms with Crippen molar-refractivity contribution in [3.05, 3.63) is 48.3 Å². The van der Waals surface area contributed by atoms with Gasteiger partial charge in [0, 0.05) is 18.1 Å². The molecule has 0 saturated carbocycles. The topological polar surface area (TPSA) is 53.1 Å². The molecule has 0 radical (unpaired) electrons. The number of nitrogens with one attached hydrogen (secondary N) is 1. The third kappa shape index (κ3) is 3.16. The summed E-state index contributed by atoms with van der Waals surface area (Å²) in [6, 6.07) is 9.95. The van der Waals surface area contributed by atoms with E-state index in [2.05, 4.69) is 20.7 Å². The van der Waals surface area contributed by atoms with Gasteiger partial charge in [0.05, 0.1) is 5.69 Å². The Kier molecular flexibility index (Phi) is 4.38. The van der Waals surface area contributed by atoms with Crippen molar-refractivity contribution in [2.24, 2.45) is 4.99 Å². The van der Waals surface area contributed by atoms with Gasteiger partial charge in [-0.25, -0.2) is 4.99 Å². The van der Waals surface area contributed by atoms with Gasteiger partial charge in [0.1, 0.15) is 0 Å². The van der Waals surface area contributed by atoms with Crippen molar-refractivity contribution in [2.75, 3.05) is 6.26 Å². The van der Waals surface area contributed by atoms with E-state index in [0.29, 0.717) is 5.17 Å². The summed E-state index contributed by atoms with van der Waals surface area (Å²) in [5.74, 6) is 3.91. The molecule has 0 aliphatic carbocycles. The van der Waals surface area contributed by atoms with Crippen LogP contribution in [0.5, 0.6) is 0 Å². The number of benzene rings is 1. The molecule has 102 valence electrons. The maximum absolute atomic E-state index is 8.72. The Morgan fingerprint density at radius 1 is 1.40 bits per heavy atom. The molecule has 1 unspecified atom stereocenters. The lowest BCUT2D eigenvalue weighted by Crippen LogP contribution is -2.14. The van der Waals surface area contributed by atoms with Crippen LogP contribution in [-0.2, 0) is 0 Å². The molecule has 0 amide bonds. The SMILES string of the molecule is C=S(C)C(=Nc1ccc(-n2cccc2)c(C)c1)NC#N. The lowest BCUT2D eigenvalue weighted by atomic mass is 10.2. The lowest BCUT2D eigenvalue weighted by Gasteiger charge is -2.09. The number of nitrogens with zero attached hydrogens (tertiary/aromatic N) is 3. The van der Waals surface area contributed by atoms with Gasteiger partial charge in [-0.2, -0.15) is 5.26 Å². The van der Waals surface area contributed by atoms with Gasteiger partial charge < -0.3 is 4.57 Å². The third-order valence-electron chi connectivity index (χ3n) is 2.79. The monoisotopic (exact) mass is 284 g/mol. The second-order valence-corrected chi connectivity index (χ2v) is 6.01. The number of hydrogen-bond donors (Lipinski definition) is 1. The number of rotatable bonds is 2. The number of amidine groups is 1. The first-order chi connectivity index (χ1) is 9.61. The van der Waals surface area contributed by atoms with Crippen LogP contribution in [0.2, 0.25) is 0 Å². The summed E-state index contributed by atoms with van der Waals surface area (Å²) in [6.07, 6.45) is 7.84. The van der Waals surface area contributed by atoms with Crippen molar-refractivity contribution in [1.29, 1.82) is 5.26 Å². The lowest BCUT2D eigenvalue weighted by molar-refractivity contribution is 1.06. The highest BCUT2D eigenvalue weighted by Gasteiger charge is 2.03. The maximum Gasteiger partial charge on any atom is 0.183 e. The molecule has 1 atom stereocenters. The number of aliphatic imine (C=N–C) groups is 1. The van der Waals surface area contributed by atoms with Crippen molar-refractivity contribution in [3.63, 3.8) is 0 Å². The number of aromatic nitrogens is 1. The Morgan fingerprint density at radius 3 is 2.65 bits per heavy atom. The van der Waals surface area contributed by atoms with Gasteiger partial charge in [0.25, 0.3) is 0 Å². The van der Waals surface area contributed by atoms with Crippen molar-refractivity contribution < 1.29 is 0 Å². The molecular weight excluding hydrogens is 268 g/mol. The zero-order valence-electron chi connectivity index (χ0n) is 11.5. The van der Waals surface area contributed by atoms with Crippen LogP contribution in [0.1, 0.15) is 5.56 Å². The predicted octanol–water partition coefficient (Wildman–Crippen LogP) is 3.17. The van der Waals surface area contributed by atoms with Crippen LogP contribution in [0.25, 0.3) is 5.69 Å². The minimum Gasteiger partial charge on any atom is -0.324 e. The molecule has 5 heteroatoms. The molecule has 1 heterocycles. The first kappa shape index (κ1) is 14.1. The zero-order chi connectivity index (χ0) is 14.5. The zero-order valence-corrected chi connectivity index (χ0v) is 12.3. The smallest absolute Gasteiger partial charge is 0.183 e. The second kappa shape index (κ2) is 6.22. The second-order valence-electron chi connectivity index (χ2n) is 4.35. The van der Waals surface area contributed by atoms with E-state index in [1.807, 2.05) is 62.1 Å². The molecule has 4 nitrogen and oxygen atoms in total. The highest BCUT2D eigenvalue weighted by molar-refractivity contribution is 8.26. The van der Waals surface area contributed by atoms with Gasteiger partial charge in [-0.1, -0.05) is 5.87 Å². The normalized spacial score (nSPS) is 12.8. The van der Waals surface area contributed by atoms with Gasteiger partial charge >= 0.3 is 0 Å². The highest BCUT2D eigenvalue weighted by atomic mass is 32.2. The molecule has 1 aromatic heterocycles. The number of nitriles is 1. The van der Waals surface area contributed by atoms with Crippen molar-refractivity contribution in [1.82, 2.24) is 9.88 Å². The Bertz CT molecular complexity index is 693. The Hall–Kier alpha value is -2.32. The average molecular weight is 284 g/mol. The van der Waals surface area contributed by atoms with Crippen molar-refractivity contribution in [2.45, 2.75) is 6.92 Å². The molecule has 0 bridgehead atoms. The summed E-state index contributed by atoms with van der Waals surface area (Å²) < 4.78 is 2.06. The highest BCUT2D eigenvalue weighted by Crippen LogP contribution is 2.22. The first-order valence-electron chi connectivity index (χ1n) is 6.05. The summed E-state index contributed by atoms with van der Waals surface area (Å²) in [5.41, 5.74) is 3.06. The molecule has 2 aromatic rings. The van der Waals surface area contributed by atoms with E-state index in [1.54, 1.807) is 0 Å². The van der Waals surface area contributed by atoms with E-state index in [4.69, 9.17) is 5.26 Å². The van der Waals surface area contributed by atoms with Crippen molar-refractivity contribution >= 4 is 27.2 Å². The van der Waals surface area contributed by atoms with Crippen LogP contribution in [0, 0.1) is 18.4 Å². The average Bonchev–Trinajstić information content (AvgIpc) is 2.92. The molecule has 2 rings (SSSR count). The molecule has 0 spiro atoms. The minimum absolute atomic E-state index is 0.334. The molecule has 20 heavy (non-hydrogen) atoms. The molecular formula is C15H16N4S. The van der Waals surface area contributed by atoms with E-state index in [1.165, 1.54) is 0 Å². The van der Waals surface area contributed by atoms with E-state index < -0.39 is 0 Å². The van der Waals surface area contributed by atoms with Crippen LogP contribution in [0.3, 0.4) is 0 Å². The fraction of sp³-hybridized carbons (Fsp3) is 0.133. The van der Waals surface area contributed by atoms with Crippen LogP contribution >= 0.6 is 10.5 Å². The fourth-order valence-electron chi connectivity index (χ4n) is 1.85. The molecule has 0 saturated heterocycles. The maximum atomic E-state index is 8.72. The van der Waals surface area contributed by atoms with Gasteiger partial charge in [-0.05, 0) is 49.1 Å². The largest absolute Gasteiger partial charge is 0.324 e. The Labute approximate surface area is 121 Å². The summed E-state index contributed by atoms with van der Waals surface area (Å²) in [4.78, 5) is 4.45. The van der Waals surface area contributed by atoms with Crippen molar-refractivity contribution in [3.8, 4) is 11.9 Å². The summed E-state index contributed by atoms with van der Waals surface area (Å²) in [6.45, 7) is 2.04. The van der Waals surface area contributed by atoms with Gasteiger partial charge in [0.15, 0.2) is 11.4 Å². The van der Waals surface area contributed by atoms with Gasteiger partial charge in [-0.3, -0.25) is 5.32 Å². The van der Waals surface area contributed by atoms with Crippen LogP contribution in [0.15, 0.2) is 47.7 Å². The predicted molar refractivity (Wildman–Crippen MR) is 87.0 cm³/mol. The Morgan fingerprint density at radius 2 is 2.10 bits per heavy atom. The summed E-state index contributed by atoms with van der Waals surface area (Å²) in [7, 11) is -0.334. The number of aryl methyl sites for hydroxylation is 1. The molecule has 0 aliphatic rings. The summed E-state index contributed by atoms with van der Waals surface area (Å²) in [5, 5.41) is 11.9. The van der Waals surface area contributed by atoms with Gasteiger partial charge in [-0.15, -0.1) is 10.5 Å². The van der Waals surface area contributed by atoms with E-state index in [-0.39, 0.29) is 10.5 Å². The van der Waals surface area contributed by atoms with E-state index in [0.717, 1.165) is 16.9 Å². The van der Waals surface area contributed by atoms with Gasteiger partial charge in [0.2, 0.25) is 0 Å². The first-order valence-corrected chi connectivity index (χ1v) is 7.85. The van der Waals surface area contributed by atoms with Crippen LogP contribution in [0.4, 0.5) is 5.69 Å². The standard InChI is InChI=1S/C15H16N4S/c1-12-10-13(18-15(17-11-16)20(2)3)6-7-14(12)19-8-4-5-9-19/h4-10H,2H2,1,3H3,(H,17,18). The molecule has 0 aliphatic heterocycles. The third-order valence-corrected chi connectivity index (χ3v) is 3.64. The fourth-order valence-corrected chi connectivity index (χ4v) is 2.33.